The normalized spacial score (nSPS) is 27.0. The summed E-state index contributed by atoms with van der Waals surface area (Å²) in [4.78, 5) is 36.1. The molecule has 3 aliphatic heterocycles. The van der Waals surface area contributed by atoms with Crippen molar-refractivity contribution in [3.05, 3.63) is 29.3 Å². The van der Waals surface area contributed by atoms with Crippen LogP contribution in [-0.2, 0) is 19.1 Å². The van der Waals surface area contributed by atoms with E-state index in [4.69, 9.17) is 4.74 Å². The maximum Gasteiger partial charge on any atom is 0.234 e. The lowest BCUT2D eigenvalue weighted by atomic mass is 9.82. The Hall–Kier alpha value is -2.35. The number of hydrogen-bond acceptors (Lipinski definition) is 5. The molecule has 0 bridgehead atoms. The number of carbonyl (C=O) groups excluding carboxylic acids is 3. The number of anilines is 1. The van der Waals surface area contributed by atoms with Crippen LogP contribution >= 0.6 is 0 Å². The molecule has 4 rings (SSSR count). The zero-order valence-electron chi connectivity index (χ0n) is 16.1. The summed E-state index contributed by atoms with van der Waals surface area (Å²) in [6.45, 7) is 1.64. The Kier molecular flexibility index (Phi) is 5.38. The number of ether oxygens (including phenoxy) is 1. The van der Waals surface area contributed by atoms with Gasteiger partial charge in [-0.3, -0.25) is 14.9 Å². The lowest BCUT2D eigenvalue weighted by molar-refractivity contribution is -0.134. The van der Waals surface area contributed by atoms with Crippen molar-refractivity contribution in [3.8, 4) is 0 Å². The quantitative estimate of drug-likeness (QED) is 0.617. The minimum absolute atomic E-state index is 0.0401. The van der Waals surface area contributed by atoms with Crippen LogP contribution in [0.15, 0.2) is 12.1 Å². The summed E-state index contributed by atoms with van der Waals surface area (Å²) in [5.74, 6) is -3.64. The molecule has 1 N–H and O–H groups in total. The first-order chi connectivity index (χ1) is 13.9. The molecule has 6 nitrogen and oxygen atoms in total. The fourth-order valence-electron chi connectivity index (χ4n) is 4.62. The lowest BCUT2D eigenvalue weighted by Crippen LogP contribution is -2.49. The van der Waals surface area contributed by atoms with Gasteiger partial charge in [-0.25, -0.2) is 8.78 Å². The van der Waals surface area contributed by atoms with Crippen LogP contribution in [0.3, 0.4) is 0 Å². The maximum absolute atomic E-state index is 14.8. The van der Waals surface area contributed by atoms with Gasteiger partial charge in [-0.05, 0) is 44.2 Å². The van der Waals surface area contributed by atoms with Crippen molar-refractivity contribution >= 4 is 23.8 Å². The van der Waals surface area contributed by atoms with Gasteiger partial charge >= 0.3 is 0 Å². The number of amides is 2. The predicted octanol–water partition coefficient (Wildman–Crippen LogP) is 2.45. The van der Waals surface area contributed by atoms with E-state index in [9.17, 15) is 23.2 Å². The van der Waals surface area contributed by atoms with E-state index >= 15 is 0 Å². The number of rotatable bonds is 3. The zero-order valence-corrected chi connectivity index (χ0v) is 16.1. The second-order valence-electron chi connectivity index (χ2n) is 8.24. The first kappa shape index (κ1) is 19.9. The van der Waals surface area contributed by atoms with Crippen LogP contribution in [0.25, 0.3) is 0 Å². The number of hydrogen-bond donors (Lipinski definition) is 1. The van der Waals surface area contributed by atoms with E-state index in [0.717, 1.165) is 32.0 Å². The van der Waals surface area contributed by atoms with Gasteiger partial charge in [0.1, 0.15) is 17.9 Å². The molecule has 1 aromatic carbocycles. The molecule has 2 atom stereocenters. The number of nitrogens with one attached hydrogen (secondary N) is 1. The van der Waals surface area contributed by atoms with E-state index in [2.05, 4.69) is 5.32 Å². The van der Waals surface area contributed by atoms with Gasteiger partial charge in [0.2, 0.25) is 11.8 Å². The van der Waals surface area contributed by atoms with Gasteiger partial charge < -0.3 is 14.4 Å². The second-order valence-corrected chi connectivity index (χ2v) is 8.24. The minimum Gasteiger partial charge on any atom is -0.374 e. The number of halogens is 2. The van der Waals surface area contributed by atoms with Gasteiger partial charge in [0.15, 0.2) is 0 Å². The molecule has 0 aromatic heterocycles. The Morgan fingerprint density at radius 2 is 1.79 bits per heavy atom. The zero-order chi connectivity index (χ0) is 20.6. The third-order valence-corrected chi connectivity index (χ3v) is 6.46. The van der Waals surface area contributed by atoms with Crippen LogP contribution in [0.1, 0.15) is 50.0 Å². The summed E-state index contributed by atoms with van der Waals surface area (Å²) >= 11 is 0. The second kappa shape index (κ2) is 7.82. The van der Waals surface area contributed by atoms with Crippen LogP contribution in [0, 0.1) is 17.6 Å². The SMILES string of the molecule is O=C[C@@H]1CCC2(CCN(c3cc(F)c(C4CCC(=O)NC4=O)c(F)c3)CC2)OC1. The summed E-state index contributed by atoms with van der Waals surface area (Å²) in [6, 6.07) is 2.54. The van der Waals surface area contributed by atoms with Crippen LogP contribution in [0.5, 0.6) is 0 Å². The summed E-state index contributed by atoms with van der Waals surface area (Å²) in [5.41, 5.74) is -0.0880. The van der Waals surface area contributed by atoms with Gasteiger partial charge in [0, 0.05) is 36.7 Å². The molecule has 2 amide bonds. The first-order valence-electron chi connectivity index (χ1n) is 10.1. The Balaban J connectivity index is 1.46. The number of aldehydes is 1. The average Bonchev–Trinajstić information content (AvgIpc) is 2.70. The highest BCUT2D eigenvalue weighted by molar-refractivity contribution is 6.01. The molecular formula is C21H24F2N2O4. The monoisotopic (exact) mass is 406 g/mol. The maximum atomic E-state index is 14.8. The van der Waals surface area contributed by atoms with E-state index in [0.29, 0.717) is 25.4 Å². The molecule has 1 aromatic rings. The summed E-state index contributed by atoms with van der Waals surface area (Å²) in [7, 11) is 0. The molecule has 8 heteroatoms. The summed E-state index contributed by atoms with van der Waals surface area (Å²) < 4.78 is 35.5. The van der Waals surface area contributed by atoms with Crippen molar-refractivity contribution in [2.45, 2.75) is 50.0 Å². The number of benzene rings is 1. The first-order valence-corrected chi connectivity index (χ1v) is 10.1. The Morgan fingerprint density at radius 3 is 2.34 bits per heavy atom. The number of nitrogens with zero attached hydrogens (tertiary/aromatic N) is 1. The summed E-state index contributed by atoms with van der Waals surface area (Å²) in [6.07, 6.45) is 4.21. The lowest BCUT2D eigenvalue weighted by Gasteiger charge is -2.45. The molecular weight excluding hydrogens is 382 g/mol. The van der Waals surface area contributed by atoms with Crippen molar-refractivity contribution in [1.29, 1.82) is 0 Å². The Labute approximate surface area is 167 Å². The van der Waals surface area contributed by atoms with Crippen LogP contribution in [-0.4, -0.2) is 43.4 Å². The van der Waals surface area contributed by atoms with E-state index in [1.165, 1.54) is 12.1 Å². The highest BCUT2D eigenvalue weighted by Gasteiger charge is 2.40. The van der Waals surface area contributed by atoms with Crippen molar-refractivity contribution in [3.63, 3.8) is 0 Å². The van der Waals surface area contributed by atoms with E-state index in [-0.39, 0.29) is 29.9 Å². The molecule has 156 valence electrons. The molecule has 0 aliphatic carbocycles. The number of carbonyl (C=O) groups is 3. The summed E-state index contributed by atoms with van der Waals surface area (Å²) in [5, 5.41) is 2.14. The van der Waals surface area contributed by atoms with Crippen LogP contribution in [0.4, 0.5) is 14.5 Å². The number of piperidine rings is 2. The van der Waals surface area contributed by atoms with Crippen molar-refractivity contribution in [2.75, 3.05) is 24.6 Å². The smallest absolute Gasteiger partial charge is 0.234 e. The third-order valence-electron chi connectivity index (χ3n) is 6.46. The molecule has 3 aliphatic rings. The van der Waals surface area contributed by atoms with E-state index in [1.54, 1.807) is 0 Å². The molecule has 0 saturated carbocycles. The topological polar surface area (TPSA) is 75.7 Å². The van der Waals surface area contributed by atoms with Crippen LogP contribution in [0.2, 0.25) is 0 Å². The largest absolute Gasteiger partial charge is 0.374 e. The Bertz CT molecular complexity index is 803. The van der Waals surface area contributed by atoms with Crippen molar-refractivity contribution in [2.24, 2.45) is 5.92 Å². The predicted molar refractivity (Wildman–Crippen MR) is 100 cm³/mol. The highest BCUT2D eigenvalue weighted by Crippen LogP contribution is 2.38. The fraction of sp³-hybridized carbons (Fsp3) is 0.571. The van der Waals surface area contributed by atoms with Gasteiger partial charge in [-0.1, -0.05) is 0 Å². The third kappa shape index (κ3) is 3.90. The van der Waals surface area contributed by atoms with Crippen molar-refractivity contribution in [1.82, 2.24) is 5.32 Å². The fourth-order valence-corrected chi connectivity index (χ4v) is 4.62. The van der Waals surface area contributed by atoms with E-state index < -0.39 is 29.4 Å². The highest BCUT2D eigenvalue weighted by atomic mass is 19.1. The van der Waals surface area contributed by atoms with Crippen molar-refractivity contribution < 1.29 is 27.9 Å². The average molecular weight is 406 g/mol. The molecule has 3 fully saturated rings. The molecule has 0 radical (unpaired) electrons. The van der Waals surface area contributed by atoms with Gasteiger partial charge in [-0.15, -0.1) is 0 Å². The standard InChI is InChI=1S/C21H24F2N2O4/c22-16-9-14(10-17(23)19(16)15-1-2-18(27)24-20(15)28)25-7-5-21(6-8-25)4-3-13(11-26)12-29-21/h9-11,13,15H,1-8,12H2,(H,24,27,28)/t13-,15?/m0/s1. The molecule has 3 saturated heterocycles. The van der Waals surface area contributed by atoms with E-state index in [1.807, 2.05) is 4.90 Å². The van der Waals surface area contributed by atoms with Gasteiger partial charge in [0.25, 0.3) is 0 Å². The minimum atomic E-state index is -0.993. The van der Waals surface area contributed by atoms with Crippen LogP contribution < -0.4 is 10.2 Å². The molecule has 29 heavy (non-hydrogen) atoms. The molecule has 1 unspecified atom stereocenters. The molecule has 1 spiro atoms. The Morgan fingerprint density at radius 1 is 1.10 bits per heavy atom. The van der Waals surface area contributed by atoms with Gasteiger partial charge in [-0.2, -0.15) is 0 Å². The molecule has 3 heterocycles. The van der Waals surface area contributed by atoms with Gasteiger partial charge in [0.05, 0.1) is 18.1 Å². The number of imide groups is 1.